The van der Waals surface area contributed by atoms with E-state index in [2.05, 4.69) is 5.32 Å². The number of fused-ring (bicyclic) bond motifs is 1. The molecule has 2 aromatic rings. The lowest BCUT2D eigenvalue weighted by Gasteiger charge is -2.41. The molecular weight excluding hydrogens is 372 g/mol. The van der Waals surface area contributed by atoms with Crippen molar-refractivity contribution in [1.29, 1.82) is 0 Å². The van der Waals surface area contributed by atoms with Crippen LogP contribution >= 0.6 is 0 Å². The number of aliphatic carboxylic acids is 1. The van der Waals surface area contributed by atoms with Gasteiger partial charge in [-0.3, -0.25) is 4.79 Å². The van der Waals surface area contributed by atoms with Crippen LogP contribution in [0.2, 0.25) is 0 Å². The quantitative estimate of drug-likeness (QED) is 0.775. The van der Waals surface area contributed by atoms with Gasteiger partial charge in [0.05, 0.1) is 12.7 Å². The number of ether oxygens (including phenoxy) is 2. The first kappa shape index (κ1) is 19.1. The molecule has 29 heavy (non-hydrogen) atoms. The van der Waals surface area contributed by atoms with Crippen LogP contribution in [0.5, 0.6) is 11.5 Å². The molecular formula is C22H24N2O5. The maximum Gasteiger partial charge on any atom is 0.341 e. The van der Waals surface area contributed by atoms with Gasteiger partial charge in [-0.25, -0.2) is 4.79 Å². The van der Waals surface area contributed by atoms with E-state index in [1.807, 2.05) is 35.2 Å². The number of carboxylic acid groups (broad SMARTS) is 1. The van der Waals surface area contributed by atoms with E-state index < -0.39 is 12.6 Å². The third-order valence-corrected chi connectivity index (χ3v) is 5.54. The fourth-order valence-electron chi connectivity index (χ4n) is 4.18. The van der Waals surface area contributed by atoms with E-state index in [0.717, 1.165) is 36.9 Å². The average molecular weight is 396 g/mol. The van der Waals surface area contributed by atoms with Crippen molar-refractivity contribution >= 4 is 17.6 Å². The Morgan fingerprint density at radius 3 is 2.66 bits per heavy atom. The van der Waals surface area contributed by atoms with Crippen molar-refractivity contribution in [3.05, 3.63) is 53.6 Å². The first-order valence-electron chi connectivity index (χ1n) is 9.79. The van der Waals surface area contributed by atoms with Gasteiger partial charge in [0.15, 0.2) is 18.1 Å². The number of amides is 1. The van der Waals surface area contributed by atoms with Crippen molar-refractivity contribution in [3.8, 4) is 11.5 Å². The number of benzene rings is 2. The summed E-state index contributed by atoms with van der Waals surface area (Å²) in [7, 11) is 1.51. The van der Waals surface area contributed by atoms with Crippen molar-refractivity contribution in [2.45, 2.75) is 37.9 Å². The predicted octanol–water partition coefficient (Wildman–Crippen LogP) is 3.67. The van der Waals surface area contributed by atoms with E-state index in [9.17, 15) is 9.59 Å². The Kier molecular flexibility index (Phi) is 5.29. The molecule has 0 aromatic heterocycles. The smallest absolute Gasteiger partial charge is 0.341 e. The number of nitrogens with one attached hydrogen (secondary N) is 1. The summed E-state index contributed by atoms with van der Waals surface area (Å²) >= 11 is 0. The van der Waals surface area contributed by atoms with Gasteiger partial charge in [-0.2, -0.15) is 0 Å². The summed E-state index contributed by atoms with van der Waals surface area (Å²) in [5.74, 6) is -0.238. The minimum absolute atomic E-state index is 0.0291. The Balaban J connectivity index is 1.71. The topological polar surface area (TPSA) is 88.1 Å². The lowest BCUT2D eigenvalue weighted by molar-refractivity contribution is -0.139. The second kappa shape index (κ2) is 8.03. The van der Waals surface area contributed by atoms with E-state index in [0.29, 0.717) is 17.1 Å². The van der Waals surface area contributed by atoms with Gasteiger partial charge in [-0.05, 0) is 42.7 Å². The lowest BCUT2D eigenvalue weighted by Crippen LogP contribution is -2.47. The molecule has 1 atom stereocenters. The third kappa shape index (κ3) is 3.72. The van der Waals surface area contributed by atoms with Gasteiger partial charge >= 0.3 is 5.97 Å². The molecule has 0 spiro atoms. The first-order chi connectivity index (χ1) is 14.1. The number of methoxy groups -OCH3 is 1. The summed E-state index contributed by atoms with van der Waals surface area (Å²) in [6.45, 7) is -0.447. The molecule has 1 fully saturated rings. The highest BCUT2D eigenvalue weighted by Crippen LogP contribution is 2.40. The van der Waals surface area contributed by atoms with Crippen LogP contribution in [-0.4, -0.2) is 41.6 Å². The van der Waals surface area contributed by atoms with Crippen LogP contribution in [0.3, 0.4) is 0 Å². The van der Waals surface area contributed by atoms with Crippen LogP contribution < -0.4 is 14.8 Å². The maximum absolute atomic E-state index is 13.4. The fraction of sp³-hybridized carbons (Fsp3) is 0.364. The Morgan fingerprint density at radius 2 is 1.93 bits per heavy atom. The summed E-state index contributed by atoms with van der Waals surface area (Å²) in [4.78, 5) is 26.1. The van der Waals surface area contributed by atoms with Gasteiger partial charge in [-0.1, -0.05) is 31.0 Å². The largest absolute Gasteiger partial charge is 0.493 e. The van der Waals surface area contributed by atoms with Crippen LogP contribution in [0.1, 0.15) is 47.8 Å². The van der Waals surface area contributed by atoms with Gasteiger partial charge < -0.3 is 24.8 Å². The van der Waals surface area contributed by atoms with E-state index >= 15 is 0 Å². The number of rotatable bonds is 6. The average Bonchev–Trinajstić information content (AvgIpc) is 3.26. The van der Waals surface area contributed by atoms with Crippen LogP contribution in [0.25, 0.3) is 0 Å². The summed E-state index contributed by atoms with van der Waals surface area (Å²) < 4.78 is 10.7. The van der Waals surface area contributed by atoms with Crippen LogP contribution in [0, 0.1) is 0 Å². The monoisotopic (exact) mass is 396 g/mol. The molecule has 0 radical (unpaired) electrons. The molecule has 4 rings (SSSR count). The minimum atomic E-state index is -1.06. The number of hydrogen-bond acceptors (Lipinski definition) is 5. The molecule has 0 bridgehead atoms. The predicted molar refractivity (Wildman–Crippen MR) is 107 cm³/mol. The van der Waals surface area contributed by atoms with Crippen LogP contribution in [0.4, 0.5) is 5.69 Å². The Labute approximate surface area is 169 Å². The lowest BCUT2D eigenvalue weighted by atomic mass is 10.00. The molecule has 7 nitrogen and oxygen atoms in total. The number of nitrogens with zero attached hydrogens (tertiary/aromatic N) is 1. The summed E-state index contributed by atoms with van der Waals surface area (Å²) in [5, 5.41) is 12.4. The summed E-state index contributed by atoms with van der Waals surface area (Å²) in [6.07, 6.45) is 3.89. The molecule has 1 aliphatic carbocycles. The highest BCUT2D eigenvalue weighted by Gasteiger charge is 2.38. The normalized spacial score (nSPS) is 18.9. The number of carbonyl (C=O) groups is 2. The van der Waals surface area contributed by atoms with Crippen LogP contribution in [0.15, 0.2) is 42.5 Å². The van der Waals surface area contributed by atoms with Crippen molar-refractivity contribution in [3.63, 3.8) is 0 Å². The summed E-state index contributed by atoms with van der Waals surface area (Å²) in [5.41, 5.74) is 2.35. The molecule has 1 aliphatic heterocycles. The van der Waals surface area contributed by atoms with Gasteiger partial charge in [0, 0.05) is 11.7 Å². The SMILES string of the molecule is COc1cc(C2Nc3ccccc3C(=O)N2C2CCCC2)ccc1OCC(=O)O. The molecule has 1 heterocycles. The van der Waals surface area contributed by atoms with Gasteiger partial charge in [0.25, 0.3) is 5.91 Å². The Hall–Kier alpha value is -3.22. The van der Waals surface area contributed by atoms with E-state index in [4.69, 9.17) is 14.6 Å². The Bertz CT molecular complexity index is 923. The molecule has 7 heteroatoms. The molecule has 152 valence electrons. The first-order valence-corrected chi connectivity index (χ1v) is 9.79. The van der Waals surface area contributed by atoms with Crippen LogP contribution in [-0.2, 0) is 4.79 Å². The van der Waals surface area contributed by atoms with Crippen molar-refractivity contribution in [2.75, 3.05) is 19.0 Å². The zero-order chi connectivity index (χ0) is 20.4. The van der Waals surface area contributed by atoms with Crippen molar-refractivity contribution in [1.82, 2.24) is 4.90 Å². The second-order valence-electron chi connectivity index (χ2n) is 7.34. The number of hydrogen-bond donors (Lipinski definition) is 2. The second-order valence-corrected chi connectivity index (χ2v) is 7.34. The molecule has 2 N–H and O–H groups in total. The molecule has 1 unspecified atom stereocenters. The van der Waals surface area contributed by atoms with Crippen molar-refractivity contribution in [2.24, 2.45) is 0 Å². The number of anilines is 1. The number of carbonyl (C=O) groups excluding carboxylic acids is 1. The van der Waals surface area contributed by atoms with E-state index in [1.54, 1.807) is 12.1 Å². The van der Waals surface area contributed by atoms with Crippen molar-refractivity contribution < 1.29 is 24.2 Å². The molecule has 1 saturated carbocycles. The van der Waals surface area contributed by atoms with Gasteiger partial charge in [0.1, 0.15) is 6.17 Å². The molecule has 2 aliphatic rings. The van der Waals surface area contributed by atoms with E-state index in [-0.39, 0.29) is 18.1 Å². The molecule has 1 amide bonds. The maximum atomic E-state index is 13.4. The molecule has 2 aromatic carbocycles. The number of carboxylic acids is 1. The third-order valence-electron chi connectivity index (χ3n) is 5.54. The zero-order valence-corrected chi connectivity index (χ0v) is 16.3. The zero-order valence-electron chi connectivity index (χ0n) is 16.3. The van der Waals surface area contributed by atoms with E-state index in [1.165, 1.54) is 7.11 Å². The highest BCUT2D eigenvalue weighted by atomic mass is 16.5. The fourth-order valence-corrected chi connectivity index (χ4v) is 4.18. The van der Waals surface area contributed by atoms with Gasteiger partial charge in [0.2, 0.25) is 0 Å². The summed E-state index contributed by atoms with van der Waals surface area (Å²) in [6, 6.07) is 13.1. The molecule has 0 saturated heterocycles. The minimum Gasteiger partial charge on any atom is -0.493 e. The standard InChI is InChI=1S/C22H24N2O5/c1-28-19-12-14(10-11-18(19)29-13-20(25)26)21-23-17-9-5-4-8-16(17)22(27)24(21)15-6-2-3-7-15/h4-5,8-12,15,21,23H,2-3,6-7,13H2,1H3,(H,25,26). The van der Waals surface area contributed by atoms with Gasteiger partial charge in [-0.15, -0.1) is 0 Å². The Morgan fingerprint density at radius 1 is 1.17 bits per heavy atom. The number of para-hydroxylation sites is 1. The highest BCUT2D eigenvalue weighted by molar-refractivity contribution is 6.02.